The van der Waals surface area contributed by atoms with Gasteiger partial charge in [-0.25, -0.2) is 4.79 Å². The molecule has 0 saturated carbocycles. The van der Waals surface area contributed by atoms with Gasteiger partial charge in [0, 0.05) is 5.69 Å². The van der Waals surface area contributed by atoms with Gasteiger partial charge < -0.3 is 15.8 Å². The first-order valence-corrected chi connectivity index (χ1v) is 5.72. The van der Waals surface area contributed by atoms with E-state index < -0.39 is 11.5 Å². The van der Waals surface area contributed by atoms with Gasteiger partial charge in [0.05, 0.1) is 17.7 Å². The number of anilines is 1. The first-order chi connectivity index (χ1) is 8.34. The van der Waals surface area contributed by atoms with Crippen molar-refractivity contribution in [3.63, 3.8) is 0 Å². The molecule has 0 aliphatic rings. The molecule has 0 atom stereocenters. The molecule has 5 heteroatoms. The van der Waals surface area contributed by atoms with E-state index in [1.807, 2.05) is 0 Å². The molecule has 0 heterocycles. The van der Waals surface area contributed by atoms with Gasteiger partial charge in [0.2, 0.25) is 5.91 Å². The summed E-state index contributed by atoms with van der Waals surface area (Å²) < 4.78 is 4.88. The fourth-order valence-corrected chi connectivity index (χ4v) is 1.23. The third-order valence-corrected chi connectivity index (χ3v) is 2.22. The molecule has 0 fully saturated rings. The number of ether oxygens (including phenoxy) is 1. The van der Waals surface area contributed by atoms with Crippen LogP contribution < -0.4 is 11.1 Å². The van der Waals surface area contributed by atoms with Gasteiger partial charge in [0.25, 0.3) is 0 Å². The Morgan fingerprint density at radius 3 is 2.61 bits per heavy atom. The summed E-state index contributed by atoms with van der Waals surface area (Å²) in [7, 11) is 0. The monoisotopic (exact) mass is 250 g/mol. The molecule has 1 rings (SSSR count). The Bertz CT molecular complexity index is 450. The van der Waals surface area contributed by atoms with E-state index in [0.29, 0.717) is 17.9 Å². The van der Waals surface area contributed by atoms with Crippen LogP contribution in [0.2, 0.25) is 0 Å². The van der Waals surface area contributed by atoms with E-state index in [0.717, 1.165) is 0 Å². The molecule has 98 valence electrons. The van der Waals surface area contributed by atoms with Crippen LogP contribution in [-0.2, 0) is 9.53 Å². The first-order valence-electron chi connectivity index (χ1n) is 5.72. The van der Waals surface area contributed by atoms with Crippen LogP contribution in [0.4, 0.5) is 5.69 Å². The van der Waals surface area contributed by atoms with Gasteiger partial charge in [-0.1, -0.05) is 6.07 Å². The minimum Gasteiger partial charge on any atom is -0.462 e. The number of nitrogens with one attached hydrogen (secondary N) is 1. The maximum atomic E-state index is 11.7. The van der Waals surface area contributed by atoms with E-state index in [1.54, 1.807) is 45.0 Å². The van der Waals surface area contributed by atoms with Crippen LogP contribution in [0.1, 0.15) is 31.1 Å². The Hall–Kier alpha value is -1.88. The van der Waals surface area contributed by atoms with Crippen LogP contribution in [0, 0.1) is 0 Å². The lowest BCUT2D eigenvalue weighted by Gasteiger charge is -2.17. The highest BCUT2D eigenvalue weighted by Crippen LogP contribution is 2.13. The van der Waals surface area contributed by atoms with Crippen molar-refractivity contribution in [3.8, 4) is 0 Å². The molecular formula is C13H18N2O3. The van der Waals surface area contributed by atoms with Crippen LogP contribution in [0.25, 0.3) is 0 Å². The molecule has 0 saturated heterocycles. The van der Waals surface area contributed by atoms with Crippen LogP contribution >= 0.6 is 0 Å². The number of esters is 1. The van der Waals surface area contributed by atoms with Crippen molar-refractivity contribution in [1.29, 1.82) is 0 Å². The average Bonchev–Trinajstić information content (AvgIpc) is 2.28. The lowest BCUT2D eigenvalue weighted by Crippen LogP contribution is -2.45. The molecule has 0 aromatic heterocycles. The smallest absolute Gasteiger partial charge is 0.338 e. The fourth-order valence-electron chi connectivity index (χ4n) is 1.23. The highest BCUT2D eigenvalue weighted by molar-refractivity contribution is 5.98. The summed E-state index contributed by atoms with van der Waals surface area (Å²) in [6.45, 7) is 5.26. The molecule has 0 aliphatic carbocycles. The van der Waals surface area contributed by atoms with Gasteiger partial charge in [-0.3, -0.25) is 4.79 Å². The predicted molar refractivity (Wildman–Crippen MR) is 69.3 cm³/mol. The largest absolute Gasteiger partial charge is 0.462 e. The zero-order valence-electron chi connectivity index (χ0n) is 10.8. The van der Waals surface area contributed by atoms with Crippen LogP contribution in [0.5, 0.6) is 0 Å². The number of benzene rings is 1. The first kappa shape index (κ1) is 14.2. The van der Waals surface area contributed by atoms with Crippen molar-refractivity contribution in [2.24, 2.45) is 5.73 Å². The summed E-state index contributed by atoms with van der Waals surface area (Å²) in [5.74, 6) is -0.732. The van der Waals surface area contributed by atoms with Crippen molar-refractivity contribution in [2.75, 3.05) is 11.9 Å². The minimum absolute atomic E-state index is 0.311. The molecule has 0 spiro atoms. The summed E-state index contributed by atoms with van der Waals surface area (Å²) in [6.07, 6.45) is 0. The topological polar surface area (TPSA) is 81.4 Å². The molecule has 18 heavy (non-hydrogen) atoms. The highest BCUT2D eigenvalue weighted by atomic mass is 16.5. The van der Waals surface area contributed by atoms with Crippen LogP contribution in [0.15, 0.2) is 24.3 Å². The quantitative estimate of drug-likeness (QED) is 0.794. The zero-order valence-corrected chi connectivity index (χ0v) is 10.8. The number of amides is 1. The molecule has 0 unspecified atom stereocenters. The molecule has 1 aromatic rings. The second-order valence-corrected chi connectivity index (χ2v) is 4.48. The van der Waals surface area contributed by atoms with Crippen molar-refractivity contribution in [2.45, 2.75) is 26.3 Å². The molecule has 0 aliphatic heterocycles. The molecule has 3 N–H and O–H groups in total. The number of rotatable bonds is 4. The van der Waals surface area contributed by atoms with E-state index in [9.17, 15) is 9.59 Å². The molecule has 5 nitrogen and oxygen atoms in total. The number of carbonyl (C=O) groups excluding carboxylic acids is 2. The Morgan fingerprint density at radius 1 is 1.39 bits per heavy atom. The second kappa shape index (κ2) is 5.64. The Kier molecular flexibility index (Phi) is 4.44. The molecule has 0 bridgehead atoms. The SMILES string of the molecule is CCOC(=O)c1cccc(NC(=O)C(C)(C)N)c1. The van der Waals surface area contributed by atoms with E-state index in [-0.39, 0.29) is 5.91 Å². The van der Waals surface area contributed by atoms with Crippen molar-refractivity contribution in [3.05, 3.63) is 29.8 Å². The lowest BCUT2D eigenvalue weighted by atomic mass is 10.1. The molecular weight excluding hydrogens is 232 g/mol. The van der Waals surface area contributed by atoms with Crippen molar-refractivity contribution in [1.82, 2.24) is 0 Å². The third-order valence-electron chi connectivity index (χ3n) is 2.22. The second-order valence-electron chi connectivity index (χ2n) is 4.48. The van der Waals surface area contributed by atoms with Crippen molar-refractivity contribution >= 4 is 17.6 Å². The summed E-state index contributed by atoms with van der Waals surface area (Å²) in [6, 6.07) is 6.54. The minimum atomic E-state index is -0.972. The molecule has 1 aromatic carbocycles. The van der Waals surface area contributed by atoms with Gasteiger partial charge in [-0.15, -0.1) is 0 Å². The number of carbonyl (C=O) groups is 2. The molecule has 1 amide bonds. The highest BCUT2D eigenvalue weighted by Gasteiger charge is 2.22. The van der Waals surface area contributed by atoms with Crippen LogP contribution in [0.3, 0.4) is 0 Å². The molecule has 0 radical (unpaired) electrons. The summed E-state index contributed by atoms with van der Waals surface area (Å²) in [4.78, 5) is 23.2. The Labute approximate surface area is 106 Å². The Balaban J connectivity index is 2.83. The maximum Gasteiger partial charge on any atom is 0.338 e. The number of hydrogen-bond donors (Lipinski definition) is 2. The Morgan fingerprint density at radius 2 is 2.06 bits per heavy atom. The van der Waals surface area contributed by atoms with E-state index in [2.05, 4.69) is 5.32 Å². The predicted octanol–water partition coefficient (Wildman–Crippen LogP) is 1.54. The lowest BCUT2D eigenvalue weighted by molar-refractivity contribution is -0.120. The van der Waals surface area contributed by atoms with Crippen molar-refractivity contribution < 1.29 is 14.3 Å². The van der Waals surface area contributed by atoms with Gasteiger partial charge in [-0.05, 0) is 39.0 Å². The maximum absolute atomic E-state index is 11.7. The zero-order chi connectivity index (χ0) is 13.8. The van der Waals surface area contributed by atoms with Gasteiger partial charge >= 0.3 is 5.97 Å². The van der Waals surface area contributed by atoms with E-state index in [1.165, 1.54) is 0 Å². The number of nitrogens with two attached hydrogens (primary N) is 1. The van der Waals surface area contributed by atoms with Crippen LogP contribution in [-0.4, -0.2) is 24.0 Å². The summed E-state index contributed by atoms with van der Waals surface area (Å²) in [5, 5.41) is 2.65. The fraction of sp³-hybridized carbons (Fsp3) is 0.385. The van der Waals surface area contributed by atoms with Gasteiger partial charge in [0.15, 0.2) is 0 Å². The average molecular weight is 250 g/mol. The normalized spacial score (nSPS) is 10.9. The van der Waals surface area contributed by atoms with E-state index >= 15 is 0 Å². The summed E-state index contributed by atoms with van der Waals surface area (Å²) >= 11 is 0. The third kappa shape index (κ3) is 3.85. The summed E-state index contributed by atoms with van der Waals surface area (Å²) in [5.41, 5.74) is 5.61. The standard InChI is InChI=1S/C13H18N2O3/c1-4-18-11(16)9-6-5-7-10(8-9)15-12(17)13(2,3)14/h5-8H,4,14H2,1-3H3,(H,15,17). The van der Waals surface area contributed by atoms with E-state index in [4.69, 9.17) is 10.5 Å². The van der Waals surface area contributed by atoms with Gasteiger partial charge in [-0.2, -0.15) is 0 Å². The van der Waals surface area contributed by atoms with Gasteiger partial charge in [0.1, 0.15) is 0 Å². The number of hydrogen-bond acceptors (Lipinski definition) is 4.